The SMILES string of the molecule is CCOc1ccc(-n2nc(CC(=O)O)c(O)cc2=O)cc1. The van der Waals surface area contributed by atoms with Crippen molar-refractivity contribution >= 4 is 5.97 Å². The van der Waals surface area contributed by atoms with Crippen LogP contribution in [0.5, 0.6) is 11.5 Å². The Balaban J connectivity index is 2.42. The van der Waals surface area contributed by atoms with E-state index in [0.29, 0.717) is 18.0 Å². The summed E-state index contributed by atoms with van der Waals surface area (Å²) in [5.41, 5.74) is -0.170. The highest BCUT2D eigenvalue weighted by molar-refractivity contribution is 5.70. The Bertz CT molecular complexity index is 706. The van der Waals surface area contributed by atoms with E-state index in [1.165, 1.54) is 0 Å². The molecule has 0 bridgehead atoms. The Hall–Kier alpha value is -2.83. The molecule has 2 rings (SSSR count). The Morgan fingerprint density at radius 1 is 1.33 bits per heavy atom. The molecule has 2 aromatic rings. The molecule has 1 heterocycles. The molecule has 1 aromatic carbocycles. The highest BCUT2D eigenvalue weighted by Gasteiger charge is 2.12. The van der Waals surface area contributed by atoms with E-state index in [-0.39, 0.29) is 5.69 Å². The number of carbonyl (C=O) groups is 1. The van der Waals surface area contributed by atoms with Crippen LogP contribution in [0.25, 0.3) is 5.69 Å². The lowest BCUT2D eigenvalue weighted by molar-refractivity contribution is -0.136. The number of carboxylic acids is 1. The van der Waals surface area contributed by atoms with Gasteiger partial charge in [-0.1, -0.05) is 0 Å². The maximum Gasteiger partial charge on any atom is 0.309 e. The first-order valence-electron chi connectivity index (χ1n) is 6.28. The van der Waals surface area contributed by atoms with Crippen molar-refractivity contribution in [2.75, 3.05) is 6.61 Å². The third-order valence-corrected chi connectivity index (χ3v) is 2.70. The highest BCUT2D eigenvalue weighted by Crippen LogP contribution is 2.16. The first-order chi connectivity index (χ1) is 10.0. The quantitative estimate of drug-likeness (QED) is 0.850. The lowest BCUT2D eigenvalue weighted by Gasteiger charge is -2.09. The molecule has 7 heteroatoms. The minimum atomic E-state index is -1.14. The van der Waals surface area contributed by atoms with E-state index in [9.17, 15) is 14.7 Å². The zero-order valence-corrected chi connectivity index (χ0v) is 11.3. The average Bonchev–Trinajstić information content (AvgIpc) is 2.43. The molecule has 2 N–H and O–H groups in total. The summed E-state index contributed by atoms with van der Waals surface area (Å²) >= 11 is 0. The van der Waals surface area contributed by atoms with Gasteiger partial charge >= 0.3 is 5.97 Å². The monoisotopic (exact) mass is 290 g/mol. The van der Waals surface area contributed by atoms with Crippen molar-refractivity contribution in [1.82, 2.24) is 9.78 Å². The molecule has 0 fully saturated rings. The van der Waals surface area contributed by atoms with Gasteiger partial charge in [0.15, 0.2) is 0 Å². The molecular weight excluding hydrogens is 276 g/mol. The summed E-state index contributed by atoms with van der Waals surface area (Å²) in [6.45, 7) is 2.39. The van der Waals surface area contributed by atoms with Gasteiger partial charge in [-0.2, -0.15) is 9.78 Å². The molecule has 0 radical (unpaired) electrons. The van der Waals surface area contributed by atoms with Gasteiger partial charge in [-0.15, -0.1) is 0 Å². The van der Waals surface area contributed by atoms with Crippen LogP contribution >= 0.6 is 0 Å². The maximum absolute atomic E-state index is 11.9. The Morgan fingerprint density at radius 2 is 2.00 bits per heavy atom. The number of ether oxygens (including phenoxy) is 1. The van der Waals surface area contributed by atoms with Gasteiger partial charge in [0.05, 0.1) is 18.7 Å². The number of hydrogen-bond acceptors (Lipinski definition) is 5. The minimum Gasteiger partial charge on any atom is -0.506 e. The van der Waals surface area contributed by atoms with Gasteiger partial charge in [0.1, 0.15) is 17.2 Å². The molecule has 0 aliphatic rings. The van der Waals surface area contributed by atoms with Crippen molar-refractivity contribution in [2.24, 2.45) is 0 Å². The van der Waals surface area contributed by atoms with Crippen LogP contribution < -0.4 is 10.3 Å². The zero-order chi connectivity index (χ0) is 15.4. The van der Waals surface area contributed by atoms with E-state index in [4.69, 9.17) is 9.84 Å². The first kappa shape index (κ1) is 14.6. The molecule has 0 saturated carbocycles. The lowest BCUT2D eigenvalue weighted by Crippen LogP contribution is -2.22. The third-order valence-electron chi connectivity index (χ3n) is 2.70. The lowest BCUT2D eigenvalue weighted by atomic mass is 10.2. The number of aromatic nitrogens is 2. The standard InChI is InChI=1S/C14H14N2O5/c1-2-21-10-5-3-9(4-6-10)16-13(18)8-12(17)11(15-16)7-14(19)20/h3-6,8,17H,2,7H2,1H3,(H,19,20). The van der Waals surface area contributed by atoms with Gasteiger partial charge in [0.25, 0.3) is 5.56 Å². The molecule has 21 heavy (non-hydrogen) atoms. The molecule has 7 nitrogen and oxygen atoms in total. The molecule has 0 unspecified atom stereocenters. The van der Waals surface area contributed by atoms with E-state index in [2.05, 4.69) is 5.10 Å². The predicted octanol–water partition coefficient (Wildman–Crippen LogP) is 0.964. The van der Waals surface area contributed by atoms with Crippen LogP contribution in [0.15, 0.2) is 35.1 Å². The van der Waals surface area contributed by atoms with Crippen LogP contribution in [0.4, 0.5) is 0 Å². The van der Waals surface area contributed by atoms with Gasteiger partial charge < -0.3 is 14.9 Å². The second-order valence-electron chi connectivity index (χ2n) is 4.22. The molecule has 0 aliphatic heterocycles. The van der Waals surface area contributed by atoms with E-state index in [1.807, 2.05) is 6.92 Å². The molecule has 0 amide bonds. The number of rotatable bonds is 5. The molecule has 1 aromatic heterocycles. The summed E-state index contributed by atoms with van der Waals surface area (Å²) in [7, 11) is 0. The van der Waals surface area contributed by atoms with Crippen molar-refractivity contribution < 1.29 is 19.7 Å². The molecule has 0 aliphatic carbocycles. The number of nitrogens with zero attached hydrogens (tertiary/aromatic N) is 2. The summed E-state index contributed by atoms with van der Waals surface area (Å²) in [5, 5.41) is 22.2. The van der Waals surface area contributed by atoms with Gasteiger partial charge in [-0.05, 0) is 31.2 Å². The summed E-state index contributed by atoms with van der Waals surface area (Å²) < 4.78 is 6.33. The average molecular weight is 290 g/mol. The van der Waals surface area contributed by atoms with E-state index < -0.39 is 23.7 Å². The van der Waals surface area contributed by atoms with Crippen LogP contribution in [0.2, 0.25) is 0 Å². The van der Waals surface area contributed by atoms with Crippen LogP contribution in [0.3, 0.4) is 0 Å². The number of benzene rings is 1. The fourth-order valence-electron chi connectivity index (χ4n) is 1.79. The predicted molar refractivity (Wildman–Crippen MR) is 74.0 cm³/mol. The smallest absolute Gasteiger partial charge is 0.309 e. The Morgan fingerprint density at radius 3 is 2.57 bits per heavy atom. The minimum absolute atomic E-state index is 0.0732. The van der Waals surface area contributed by atoms with Crippen molar-refractivity contribution in [1.29, 1.82) is 0 Å². The van der Waals surface area contributed by atoms with Crippen LogP contribution in [0, 0.1) is 0 Å². The van der Waals surface area contributed by atoms with Gasteiger partial charge in [0.2, 0.25) is 0 Å². The second-order valence-corrected chi connectivity index (χ2v) is 4.22. The zero-order valence-electron chi connectivity index (χ0n) is 11.3. The van der Waals surface area contributed by atoms with Crippen LogP contribution in [-0.2, 0) is 11.2 Å². The summed E-state index contributed by atoms with van der Waals surface area (Å²) in [5.74, 6) is -0.918. The fraction of sp³-hybridized carbons (Fsp3) is 0.214. The van der Waals surface area contributed by atoms with E-state index in [1.54, 1.807) is 24.3 Å². The van der Waals surface area contributed by atoms with Crippen molar-refractivity contribution in [3.05, 3.63) is 46.4 Å². The van der Waals surface area contributed by atoms with Crippen molar-refractivity contribution in [3.63, 3.8) is 0 Å². The van der Waals surface area contributed by atoms with E-state index in [0.717, 1.165) is 10.7 Å². The number of aliphatic carboxylic acids is 1. The van der Waals surface area contributed by atoms with Gasteiger partial charge in [0, 0.05) is 6.07 Å². The largest absolute Gasteiger partial charge is 0.506 e. The van der Waals surface area contributed by atoms with Gasteiger partial charge in [-0.25, -0.2) is 0 Å². The topological polar surface area (TPSA) is 102 Å². The molecule has 0 spiro atoms. The Labute approximate surface area is 120 Å². The molecule has 0 atom stereocenters. The number of carboxylic acid groups (broad SMARTS) is 1. The first-order valence-corrected chi connectivity index (χ1v) is 6.28. The highest BCUT2D eigenvalue weighted by atomic mass is 16.5. The summed E-state index contributed by atoms with van der Waals surface area (Å²) in [6.07, 6.45) is -0.469. The van der Waals surface area contributed by atoms with Gasteiger partial charge in [-0.3, -0.25) is 9.59 Å². The van der Waals surface area contributed by atoms with Crippen LogP contribution in [-0.4, -0.2) is 32.6 Å². The Kier molecular flexibility index (Phi) is 4.22. The van der Waals surface area contributed by atoms with Crippen molar-refractivity contribution in [3.8, 4) is 17.2 Å². The molecular formula is C14H14N2O5. The number of aromatic hydroxyl groups is 1. The van der Waals surface area contributed by atoms with Crippen molar-refractivity contribution in [2.45, 2.75) is 13.3 Å². The molecule has 110 valence electrons. The molecule has 0 saturated heterocycles. The second kappa shape index (κ2) is 6.08. The summed E-state index contributed by atoms with van der Waals surface area (Å²) in [4.78, 5) is 22.6. The fourth-order valence-corrected chi connectivity index (χ4v) is 1.79. The maximum atomic E-state index is 11.9. The normalized spacial score (nSPS) is 10.3. The third kappa shape index (κ3) is 3.38. The summed E-state index contributed by atoms with van der Waals surface area (Å²) in [6, 6.07) is 7.55. The van der Waals surface area contributed by atoms with E-state index >= 15 is 0 Å². The van der Waals surface area contributed by atoms with Crippen LogP contribution in [0.1, 0.15) is 12.6 Å². The number of hydrogen-bond donors (Lipinski definition) is 2.